The van der Waals surface area contributed by atoms with E-state index in [2.05, 4.69) is 11.4 Å². The van der Waals surface area contributed by atoms with Gasteiger partial charge < -0.3 is 0 Å². The molecule has 2 aliphatic heterocycles. The van der Waals surface area contributed by atoms with Crippen molar-refractivity contribution in [2.75, 3.05) is 4.90 Å². The molecule has 1 unspecified atom stereocenters. The zero-order valence-corrected chi connectivity index (χ0v) is 9.76. The maximum absolute atomic E-state index is 12.5. The molecule has 3 heteroatoms. The number of fused-ring (bicyclic) bond motifs is 5. The molecule has 3 nitrogen and oxygen atoms in total. The number of nitrogens with zero attached hydrogens (tertiary/aromatic N) is 1. The van der Waals surface area contributed by atoms with Crippen molar-refractivity contribution < 1.29 is 4.79 Å². The summed E-state index contributed by atoms with van der Waals surface area (Å²) in [5, 5.41) is 3.43. The van der Waals surface area contributed by atoms with Crippen molar-refractivity contribution in [3.05, 3.63) is 65.2 Å². The van der Waals surface area contributed by atoms with Gasteiger partial charge in [-0.2, -0.15) is 0 Å². The van der Waals surface area contributed by atoms with Crippen LogP contribution >= 0.6 is 0 Å². The highest BCUT2D eigenvalue weighted by molar-refractivity contribution is 6.11. The Hall–Kier alpha value is -2.13. The molecule has 1 N–H and O–H groups in total. The first-order valence-electron chi connectivity index (χ1n) is 6.10. The number of carbonyl (C=O) groups excluding carboxylic acids is 1. The van der Waals surface area contributed by atoms with E-state index in [1.54, 1.807) is 0 Å². The fourth-order valence-electron chi connectivity index (χ4n) is 2.87. The lowest BCUT2D eigenvalue weighted by molar-refractivity contribution is 0.0986. The minimum Gasteiger partial charge on any atom is -0.289 e. The van der Waals surface area contributed by atoms with Crippen LogP contribution in [0.15, 0.2) is 48.5 Å². The standard InChI is InChI=1S/C15H12N2O/c18-15-12-7-3-2-6-11(12)14-16-9-10-5-1-4-8-13(10)17(14)15/h1-8,14,16H,9H2. The van der Waals surface area contributed by atoms with Gasteiger partial charge in [-0.1, -0.05) is 36.4 Å². The van der Waals surface area contributed by atoms with E-state index in [0.717, 1.165) is 23.4 Å². The van der Waals surface area contributed by atoms with Crippen LogP contribution in [0.5, 0.6) is 0 Å². The Labute approximate surface area is 105 Å². The summed E-state index contributed by atoms with van der Waals surface area (Å²) in [5.41, 5.74) is 4.10. The summed E-state index contributed by atoms with van der Waals surface area (Å²) in [5.74, 6) is 0.0928. The fourth-order valence-corrected chi connectivity index (χ4v) is 2.87. The van der Waals surface area contributed by atoms with Gasteiger partial charge in [0.05, 0.1) is 5.69 Å². The summed E-state index contributed by atoms with van der Waals surface area (Å²) >= 11 is 0. The number of hydrogen-bond donors (Lipinski definition) is 1. The van der Waals surface area contributed by atoms with Crippen molar-refractivity contribution in [3.8, 4) is 0 Å². The van der Waals surface area contributed by atoms with Crippen molar-refractivity contribution in [3.63, 3.8) is 0 Å². The second-order valence-electron chi connectivity index (χ2n) is 4.67. The zero-order chi connectivity index (χ0) is 12.1. The van der Waals surface area contributed by atoms with Crippen LogP contribution in [0, 0.1) is 0 Å². The van der Waals surface area contributed by atoms with Gasteiger partial charge in [0.2, 0.25) is 0 Å². The maximum atomic E-state index is 12.5. The van der Waals surface area contributed by atoms with Gasteiger partial charge in [-0.3, -0.25) is 15.0 Å². The number of anilines is 1. The second-order valence-corrected chi connectivity index (χ2v) is 4.67. The van der Waals surface area contributed by atoms with Crippen LogP contribution in [-0.2, 0) is 6.54 Å². The maximum Gasteiger partial charge on any atom is 0.260 e. The van der Waals surface area contributed by atoms with Crippen molar-refractivity contribution >= 4 is 11.6 Å². The first kappa shape index (κ1) is 9.85. The largest absolute Gasteiger partial charge is 0.289 e. The summed E-state index contributed by atoms with van der Waals surface area (Å²) in [6, 6.07) is 15.9. The molecule has 2 heterocycles. The minimum atomic E-state index is -0.0106. The highest BCUT2D eigenvalue weighted by Crippen LogP contribution is 2.40. The number of amides is 1. The van der Waals surface area contributed by atoms with Crippen molar-refractivity contribution in [2.45, 2.75) is 12.7 Å². The summed E-state index contributed by atoms with van der Waals surface area (Å²) in [6.45, 7) is 0.805. The third kappa shape index (κ3) is 1.14. The quantitative estimate of drug-likeness (QED) is 0.762. The number of benzene rings is 2. The van der Waals surface area contributed by atoms with Crippen molar-refractivity contribution in [2.24, 2.45) is 0 Å². The van der Waals surface area contributed by atoms with E-state index in [9.17, 15) is 4.79 Å². The Kier molecular flexibility index (Phi) is 1.88. The summed E-state index contributed by atoms with van der Waals surface area (Å²) in [6.07, 6.45) is -0.0106. The lowest BCUT2D eigenvalue weighted by atomic mass is 10.1. The monoisotopic (exact) mass is 236 g/mol. The Morgan fingerprint density at radius 2 is 1.83 bits per heavy atom. The molecular weight excluding hydrogens is 224 g/mol. The van der Waals surface area contributed by atoms with Crippen LogP contribution in [0.3, 0.4) is 0 Å². The summed E-state index contributed by atoms with van der Waals surface area (Å²) in [7, 11) is 0. The topological polar surface area (TPSA) is 32.3 Å². The van der Waals surface area contributed by atoms with Gasteiger partial charge in [-0.15, -0.1) is 0 Å². The molecule has 2 aromatic carbocycles. The van der Waals surface area contributed by atoms with E-state index in [1.807, 2.05) is 47.4 Å². The molecular formula is C15H12N2O. The van der Waals surface area contributed by atoms with E-state index in [0.29, 0.717) is 0 Å². The predicted molar refractivity (Wildman–Crippen MR) is 69.3 cm³/mol. The average molecular weight is 236 g/mol. The van der Waals surface area contributed by atoms with Crippen molar-refractivity contribution in [1.82, 2.24) is 5.32 Å². The third-order valence-electron chi connectivity index (χ3n) is 3.70. The third-order valence-corrected chi connectivity index (χ3v) is 3.70. The van der Waals surface area contributed by atoms with Gasteiger partial charge in [0.25, 0.3) is 5.91 Å². The first-order chi connectivity index (χ1) is 8.86. The molecule has 18 heavy (non-hydrogen) atoms. The predicted octanol–water partition coefficient (Wildman–Crippen LogP) is 2.45. The Morgan fingerprint density at radius 1 is 1.06 bits per heavy atom. The number of carbonyl (C=O) groups is 1. The smallest absolute Gasteiger partial charge is 0.260 e. The summed E-state index contributed by atoms with van der Waals surface area (Å²) < 4.78 is 0. The Morgan fingerprint density at radius 3 is 2.78 bits per heavy atom. The van der Waals surface area contributed by atoms with Crippen LogP contribution in [0.1, 0.15) is 27.7 Å². The molecule has 0 fully saturated rings. The van der Waals surface area contributed by atoms with Crippen LogP contribution in [-0.4, -0.2) is 5.91 Å². The number of hydrogen-bond acceptors (Lipinski definition) is 2. The minimum absolute atomic E-state index is 0.0106. The van der Waals surface area contributed by atoms with Crippen LogP contribution < -0.4 is 10.2 Å². The van der Waals surface area contributed by atoms with Gasteiger partial charge in [-0.05, 0) is 17.7 Å². The van der Waals surface area contributed by atoms with Gasteiger partial charge in [-0.25, -0.2) is 0 Å². The molecule has 0 bridgehead atoms. The molecule has 0 radical (unpaired) electrons. The SMILES string of the molecule is O=C1c2ccccc2C2NCc3ccccc3N12. The van der Waals surface area contributed by atoms with E-state index in [-0.39, 0.29) is 12.1 Å². The number of para-hydroxylation sites is 1. The number of rotatable bonds is 0. The zero-order valence-electron chi connectivity index (χ0n) is 9.76. The van der Waals surface area contributed by atoms with Crippen LogP contribution in [0.4, 0.5) is 5.69 Å². The molecule has 2 aromatic rings. The lowest BCUT2D eigenvalue weighted by Gasteiger charge is -2.33. The molecule has 0 aliphatic carbocycles. The van der Waals surface area contributed by atoms with E-state index < -0.39 is 0 Å². The molecule has 0 saturated carbocycles. The second kappa shape index (κ2) is 3.43. The molecule has 2 aliphatic rings. The van der Waals surface area contributed by atoms with Crippen LogP contribution in [0.2, 0.25) is 0 Å². The van der Waals surface area contributed by atoms with Gasteiger partial charge in [0.15, 0.2) is 0 Å². The van der Waals surface area contributed by atoms with E-state index in [1.165, 1.54) is 5.56 Å². The van der Waals surface area contributed by atoms with Crippen molar-refractivity contribution in [1.29, 1.82) is 0 Å². The average Bonchev–Trinajstić information content (AvgIpc) is 2.73. The Bertz CT molecular complexity index is 650. The van der Waals surface area contributed by atoms with Gasteiger partial charge in [0.1, 0.15) is 6.17 Å². The molecule has 1 atom stereocenters. The highest BCUT2D eigenvalue weighted by atomic mass is 16.2. The molecule has 0 aromatic heterocycles. The lowest BCUT2D eigenvalue weighted by Crippen LogP contribution is -2.40. The van der Waals surface area contributed by atoms with E-state index >= 15 is 0 Å². The Balaban J connectivity index is 1.93. The van der Waals surface area contributed by atoms with Gasteiger partial charge in [0, 0.05) is 17.7 Å². The molecule has 0 saturated heterocycles. The fraction of sp³-hybridized carbons (Fsp3) is 0.133. The molecule has 4 rings (SSSR count). The highest BCUT2D eigenvalue weighted by Gasteiger charge is 2.40. The molecule has 0 spiro atoms. The molecule has 88 valence electrons. The first-order valence-corrected chi connectivity index (χ1v) is 6.10. The normalized spacial score (nSPS) is 20.3. The van der Waals surface area contributed by atoms with Gasteiger partial charge >= 0.3 is 0 Å². The molecule has 1 amide bonds. The van der Waals surface area contributed by atoms with E-state index in [4.69, 9.17) is 0 Å². The van der Waals surface area contributed by atoms with Crippen LogP contribution in [0.25, 0.3) is 0 Å². The summed E-state index contributed by atoms with van der Waals surface area (Å²) in [4.78, 5) is 14.3. The number of nitrogens with one attached hydrogen (secondary N) is 1.